The van der Waals surface area contributed by atoms with Crippen LogP contribution in [-0.2, 0) is 14.7 Å². The first-order valence-electron chi connectivity index (χ1n) is 7.33. The molecular weight excluding hydrogens is 354 g/mol. The van der Waals surface area contributed by atoms with Crippen LogP contribution in [0.15, 0.2) is 24.5 Å². The quantitative estimate of drug-likeness (QED) is 0.377. The SMILES string of the molecule is N=C(NC(=O)c1cccnc1)[C@@H]1CC[C@@H]2CN1C(=O)N2OS(=O)(=O)O. The lowest BCUT2D eigenvalue weighted by atomic mass is 10.00. The number of amidine groups is 1. The fraction of sp³-hybridized carbons (Fsp3) is 0.385. The maximum atomic E-state index is 12.3. The summed E-state index contributed by atoms with van der Waals surface area (Å²) in [5.41, 5.74) is 0.269. The molecule has 3 rings (SSSR count). The molecular formula is C13H15N5O6S. The number of rotatable bonds is 4. The van der Waals surface area contributed by atoms with Crippen LogP contribution >= 0.6 is 0 Å². The molecule has 3 heterocycles. The summed E-state index contributed by atoms with van der Waals surface area (Å²) in [6.45, 7) is 0.129. The van der Waals surface area contributed by atoms with Gasteiger partial charge in [0.2, 0.25) is 0 Å². The molecule has 2 bridgehead atoms. The van der Waals surface area contributed by atoms with Crippen molar-refractivity contribution >= 4 is 28.2 Å². The smallest absolute Gasteiger partial charge is 0.310 e. The molecule has 2 atom stereocenters. The second-order valence-corrected chi connectivity index (χ2v) is 6.62. The molecule has 2 saturated heterocycles. The highest BCUT2D eigenvalue weighted by atomic mass is 32.3. The molecule has 11 nitrogen and oxygen atoms in total. The minimum atomic E-state index is -4.82. The van der Waals surface area contributed by atoms with E-state index < -0.39 is 34.4 Å². The number of aromatic nitrogens is 1. The molecule has 0 saturated carbocycles. The Kier molecular flexibility index (Phi) is 4.41. The summed E-state index contributed by atoms with van der Waals surface area (Å²) in [4.78, 5) is 29.4. The normalized spacial score (nSPS) is 22.8. The molecule has 0 spiro atoms. The summed E-state index contributed by atoms with van der Waals surface area (Å²) in [6.07, 6.45) is 3.56. The average Bonchev–Trinajstić information content (AvgIpc) is 2.79. The lowest BCUT2D eigenvalue weighted by Crippen LogP contribution is -2.50. The highest BCUT2D eigenvalue weighted by Crippen LogP contribution is 2.30. The van der Waals surface area contributed by atoms with Crippen LogP contribution in [0.1, 0.15) is 23.2 Å². The van der Waals surface area contributed by atoms with Gasteiger partial charge in [0.1, 0.15) is 5.84 Å². The first kappa shape index (κ1) is 17.3. The van der Waals surface area contributed by atoms with Gasteiger partial charge in [-0.2, -0.15) is 13.5 Å². The summed E-state index contributed by atoms with van der Waals surface area (Å²) in [5.74, 6) is -0.715. The van der Waals surface area contributed by atoms with E-state index in [4.69, 9.17) is 9.96 Å². The topological polar surface area (TPSA) is 153 Å². The Morgan fingerprint density at radius 1 is 1.44 bits per heavy atom. The number of pyridine rings is 1. The Bertz CT molecular complexity index is 813. The summed E-state index contributed by atoms with van der Waals surface area (Å²) >= 11 is 0. The molecule has 0 radical (unpaired) electrons. The Hall–Kier alpha value is -2.57. The van der Waals surface area contributed by atoms with Gasteiger partial charge >= 0.3 is 16.4 Å². The Labute approximate surface area is 143 Å². The van der Waals surface area contributed by atoms with Crippen molar-refractivity contribution in [2.24, 2.45) is 0 Å². The third-order valence-corrected chi connectivity index (χ3v) is 4.35. The molecule has 0 aliphatic carbocycles. The van der Waals surface area contributed by atoms with Gasteiger partial charge in [0, 0.05) is 18.9 Å². The van der Waals surface area contributed by atoms with E-state index in [9.17, 15) is 18.0 Å². The van der Waals surface area contributed by atoms with Gasteiger partial charge in [-0.05, 0) is 25.0 Å². The van der Waals surface area contributed by atoms with E-state index in [1.54, 1.807) is 6.07 Å². The van der Waals surface area contributed by atoms with Gasteiger partial charge in [0.25, 0.3) is 5.91 Å². The third kappa shape index (κ3) is 3.60. The van der Waals surface area contributed by atoms with Crippen LogP contribution in [0.5, 0.6) is 0 Å². The Morgan fingerprint density at radius 3 is 2.84 bits per heavy atom. The zero-order chi connectivity index (χ0) is 18.2. The maximum absolute atomic E-state index is 12.3. The van der Waals surface area contributed by atoms with Crippen LogP contribution in [0.25, 0.3) is 0 Å². The van der Waals surface area contributed by atoms with Gasteiger partial charge < -0.3 is 10.2 Å². The lowest BCUT2D eigenvalue weighted by molar-refractivity contribution is -0.0316. The van der Waals surface area contributed by atoms with Crippen LogP contribution in [-0.4, -0.2) is 64.3 Å². The number of piperidine rings is 1. The molecule has 3 amide bonds. The molecule has 2 aliphatic rings. The van der Waals surface area contributed by atoms with Crippen LogP contribution in [0, 0.1) is 5.41 Å². The van der Waals surface area contributed by atoms with E-state index in [1.165, 1.54) is 23.4 Å². The summed E-state index contributed by atoms with van der Waals surface area (Å²) in [6, 6.07) is 1.06. The van der Waals surface area contributed by atoms with Crippen LogP contribution in [0.2, 0.25) is 0 Å². The van der Waals surface area contributed by atoms with Gasteiger partial charge in [-0.3, -0.25) is 19.7 Å². The van der Waals surface area contributed by atoms with Crippen molar-refractivity contribution in [3.8, 4) is 0 Å². The first-order chi connectivity index (χ1) is 11.8. The fourth-order valence-corrected chi connectivity index (χ4v) is 3.29. The summed E-state index contributed by atoms with van der Waals surface area (Å²) in [5, 5.41) is 11.1. The second kappa shape index (κ2) is 6.38. The zero-order valence-electron chi connectivity index (χ0n) is 12.8. The van der Waals surface area contributed by atoms with Crippen LogP contribution in [0.3, 0.4) is 0 Å². The maximum Gasteiger partial charge on any atom is 0.418 e. The number of carbonyl (C=O) groups is 2. The van der Waals surface area contributed by atoms with Crippen molar-refractivity contribution in [3.63, 3.8) is 0 Å². The van der Waals surface area contributed by atoms with Crippen molar-refractivity contribution in [1.29, 1.82) is 5.41 Å². The Balaban J connectivity index is 1.69. The van der Waals surface area contributed by atoms with E-state index in [2.05, 4.69) is 14.6 Å². The van der Waals surface area contributed by atoms with Crippen molar-refractivity contribution in [3.05, 3.63) is 30.1 Å². The molecule has 1 aromatic rings. The van der Waals surface area contributed by atoms with Gasteiger partial charge in [-0.25, -0.2) is 4.79 Å². The summed E-state index contributed by atoms with van der Waals surface area (Å²) in [7, 11) is -4.82. The molecule has 3 N–H and O–H groups in total. The monoisotopic (exact) mass is 369 g/mol. The summed E-state index contributed by atoms with van der Waals surface area (Å²) < 4.78 is 34.8. The van der Waals surface area contributed by atoms with Crippen LogP contribution in [0.4, 0.5) is 4.79 Å². The van der Waals surface area contributed by atoms with Crippen molar-refractivity contribution < 1.29 is 26.8 Å². The van der Waals surface area contributed by atoms with E-state index in [0.29, 0.717) is 17.9 Å². The predicted octanol–water partition coefficient (Wildman–Crippen LogP) is -0.208. The molecule has 0 unspecified atom stereocenters. The minimum absolute atomic E-state index is 0.129. The molecule has 25 heavy (non-hydrogen) atoms. The largest absolute Gasteiger partial charge is 0.418 e. The number of amides is 3. The lowest BCUT2D eigenvalue weighted by Gasteiger charge is -2.30. The third-order valence-electron chi connectivity index (χ3n) is 4.00. The van der Waals surface area contributed by atoms with Crippen molar-refractivity contribution in [2.45, 2.75) is 24.9 Å². The molecule has 0 aromatic carbocycles. The predicted molar refractivity (Wildman–Crippen MR) is 82.8 cm³/mol. The highest BCUT2D eigenvalue weighted by Gasteiger charge is 2.48. The number of nitrogens with one attached hydrogen (secondary N) is 2. The molecule has 1 aromatic heterocycles. The minimum Gasteiger partial charge on any atom is -0.310 e. The van der Waals surface area contributed by atoms with Crippen molar-refractivity contribution in [1.82, 2.24) is 20.3 Å². The number of nitrogens with zero attached hydrogens (tertiary/aromatic N) is 3. The van der Waals surface area contributed by atoms with E-state index in [-0.39, 0.29) is 17.9 Å². The number of hydrogen-bond donors (Lipinski definition) is 3. The standard InChI is InChI=1S/C13H15N5O6S/c14-11(16-12(19)8-2-1-5-15-6-8)10-4-3-9-7-17(10)13(20)18(9)24-25(21,22)23/h1-2,5-6,9-10H,3-4,7H2,(H2,14,16,19)(H,21,22,23)/t9-,10+/m1/s1. The average molecular weight is 369 g/mol. The van der Waals surface area contributed by atoms with E-state index >= 15 is 0 Å². The van der Waals surface area contributed by atoms with Crippen molar-refractivity contribution in [2.75, 3.05) is 6.54 Å². The number of carbonyl (C=O) groups excluding carboxylic acids is 2. The number of urea groups is 1. The number of fused-ring (bicyclic) bond motifs is 2. The molecule has 134 valence electrons. The van der Waals surface area contributed by atoms with Gasteiger partial charge in [-0.15, -0.1) is 4.28 Å². The Morgan fingerprint density at radius 2 is 2.20 bits per heavy atom. The molecule has 12 heteroatoms. The van der Waals surface area contributed by atoms with Gasteiger partial charge in [0.15, 0.2) is 0 Å². The van der Waals surface area contributed by atoms with E-state index in [0.717, 1.165) is 0 Å². The first-order valence-corrected chi connectivity index (χ1v) is 8.69. The second-order valence-electron chi connectivity index (χ2n) is 5.62. The van der Waals surface area contributed by atoms with Gasteiger partial charge in [0.05, 0.1) is 17.6 Å². The van der Waals surface area contributed by atoms with E-state index in [1.807, 2.05) is 0 Å². The number of hydroxylamine groups is 2. The number of hydrogen-bond acceptors (Lipinski definition) is 7. The zero-order valence-corrected chi connectivity index (χ0v) is 13.6. The highest BCUT2D eigenvalue weighted by molar-refractivity contribution is 7.80. The molecule has 2 aliphatic heterocycles. The molecule has 2 fully saturated rings. The van der Waals surface area contributed by atoms with Crippen LogP contribution < -0.4 is 5.32 Å². The fourth-order valence-electron chi connectivity index (χ4n) is 2.91. The van der Waals surface area contributed by atoms with Gasteiger partial charge in [-0.1, -0.05) is 0 Å².